The van der Waals surface area contributed by atoms with Crippen LogP contribution in [0.3, 0.4) is 0 Å². The molecule has 1 saturated heterocycles. The highest BCUT2D eigenvalue weighted by Crippen LogP contribution is 2.35. The van der Waals surface area contributed by atoms with E-state index in [9.17, 15) is 4.39 Å². The molecule has 0 N–H and O–H groups in total. The number of benzene rings is 1. The van der Waals surface area contributed by atoms with E-state index in [1.807, 2.05) is 12.1 Å². The fraction of sp³-hybridized carbons (Fsp3) is 0.600. The van der Waals surface area contributed by atoms with Crippen molar-refractivity contribution in [3.8, 4) is 5.75 Å². The monoisotopic (exact) mass is 329 g/mol. The first kappa shape index (κ1) is 14.8. The number of alkyl halides is 1. The number of piperidine rings is 1. The van der Waals surface area contributed by atoms with Crippen LogP contribution in [0.1, 0.15) is 25.8 Å². The smallest absolute Gasteiger partial charge is 0.169 e. The van der Waals surface area contributed by atoms with Gasteiger partial charge in [-0.05, 0) is 24.4 Å². The van der Waals surface area contributed by atoms with Gasteiger partial charge in [-0.25, -0.2) is 4.39 Å². The zero-order chi connectivity index (χ0) is 14.0. The Morgan fingerprint density at radius 2 is 2.21 bits per heavy atom. The number of ether oxygens (including phenoxy) is 1. The van der Waals surface area contributed by atoms with Crippen molar-refractivity contribution < 1.29 is 9.13 Å². The molecule has 1 heterocycles. The molecule has 19 heavy (non-hydrogen) atoms. The summed E-state index contributed by atoms with van der Waals surface area (Å²) in [4.78, 5) is 2.85. The molecule has 2 rings (SSSR count). The summed E-state index contributed by atoms with van der Waals surface area (Å²) in [5.74, 6) is 0.0934. The molecule has 0 amide bonds. The van der Waals surface area contributed by atoms with Gasteiger partial charge >= 0.3 is 0 Å². The summed E-state index contributed by atoms with van der Waals surface area (Å²) >= 11 is 3.74. The van der Waals surface area contributed by atoms with Crippen LogP contribution >= 0.6 is 15.9 Å². The fourth-order valence-corrected chi connectivity index (χ4v) is 3.00. The Morgan fingerprint density at radius 3 is 2.84 bits per heavy atom. The molecule has 0 aromatic heterocycles. The Bertz CT molecular complexity index is 450. The standard InChI is InChI=1S/C15H21BrFNO/c1-15(2)10-18(8-7-13(15)16)9-11-5-4-6-12(19-3)14(11)17/h4-6,13H,7-10H2,1-3H3. The van der Waals surface area contributed by atoms with Crippen LogP contribution in [0, 0.1) is 11.2 Å². The molecule has 2 nitrogen and oxygen atoms in total. The molecule has 0 radical (unpaired) electrons. The second kappa shape index (κ2) is 5.80. The number of halogens is 2. The lowest BCUT2D eigenvalue weighted by molar-refractivity contribution is 0.119. The first-order valence-electron chi connectivity index (χ1n) is 6.62. The van der Waals surface area contributed by atoms with Gasteiger partial charge in [-0.1, -0.05) is 41.9 Å². The minimum Gasteiger partial charge on any atom is -0.494 e. The zero-order valence-corrected chi connectivity index (χ0v) is 13.3. The molecule has 1 aromatic rings. The summed E-state index contributed by atoms with van der Waals surface area (Å²) in [5, 5.41) is 0. The van der Waals surface area contributed by atoms with Crippen LogP contribution in [-0.4, -0.2) is 29.9 Å². The lowest BCUT2D eigenvalue weighted by Gasteiger charge is -2.42. The summed E-state index contributed by atoms with van der Waals surface area (Å²) in [6.07, 6.45) is 1.10. The van der Waals surface area contributed by atoms with Crippen molar-refractivity contribution in [1.82, 2.24) is 4.90 Å². The summed E-state index contributed by atoms with van der Waals surface area (Å²) < 4.78 is 19.2. The summed E-state index contributed by atoms with van der Waals surface area (Å²) in [5.41, 5.74) is 0.927. The van der Waals surface area contributed by atoms with Crippen LogP contribution in [0.4, 0.5) is 4.39 Å². The molecule has 1 aliphatic rings. The predicted molar refractivity (Wildman–Crippen MR) is 79.3 cm³/mol. The van der Waals surface area contributed by atoms with Gasteiger partial charge in [0.1, 0.15) is 0 Å². The van der Waals surface area contributed by atoms with Crippen LogP contribution in [0.5, 0.6) is 5.75 Å². The highest BCUT2D eigenvalue weighted by molar-refractivity contribution is 9.09. The average Bonchev–Trinajstić information content (AvgIpc) is 2.36. The normalized spacial score (nSPS) is 23.3. The van der Waals surface area contributed by atoms with Gasteiger partial charge in [0.15, 0.2) is 11.6 Å². The molecule has 0 bridgehead atoms. The Labute approximate surface area is 123 Å². The van der Waals surface area contributed by atoms with Gasteiger partial charge < -0.3 is 4.74 Å². The Hall–Kier alpha value is -0.610. The first-order valence-corrected chi connectivity index (χ1v) is 7.53. The number of hydrogen-bond acceptors (Lipinski definition) is 2. The Morgan fingerprint density at radius 1 is 1.47 bits per heavy atom. The van der Waals surface area contributed by atoms with Gasteiger partial charge in [0.05, 0.1) is 7.11 Å². The van der Waals surface area contributed by atoms with E-state index in [-0.39, 0.29) is 11.2 Å². The molecule has 1 unspecified atom stereocenters. The largest absolute Gasteiger partial charge is 0.494 e. The quantitative estimate of drug-likeness (QED) is 0.781. The maximum atomic E-state index is 14.1. The number of hydrogen-bond donors (Lipinski definition) is 0. The highest BCUT2D eigenvalue weighted by atomic mass is 79.9. The van der Waals surface area contributed by atoms with Crippen molar-refractivity contribution in [1.29, 1.82) is 0 Å². The summed E-state index contributed by atoms with van der Waals surface area (Å²) in [6.45, 7) is 7.11. The van der Waals surface area contributed by atoms with Gasteiger partial charge in [0, 0.05) is 23.5 Å². The van der Waals surface area contributed by atoms with Crippen molar-refractivity contribution in [3.63, 3.8) is 0 Å². The van der Waals surface area contributed by atoms with Crippen molar-refractivity contribution in [2.45, 2.75) is 31.6 Å². The molecule has 0 aliphatic carbocycles. The molecule has 1 fully saturated rings. The van der Waals surface area contributed by atoms with E-state index in [4.69, 9.17) is 4.74 Å². The molecule has 1 atom stereocenters. The Balaban J connectivity index is 2.10. The van der Waals surface area contributed by atoms with Gasteiger partial charge in [0.2, 0.25) is 0 Å². The van der Waals surface area contributed by atoms with Crippen LogP contribution in [0.25, 0.3) is 0 Å². The van der Waals surface area contributed by atoms with Gasteiger partial charge in [0.25, 0.3) is 0 Å². The lowest BCUT2D eigenvalue weighted by atomic mass is 9.84. The van der Waals surface area contributed by atoms with Crippen LogP contribution in [-0.2, 0) is 6.54 Å². The summed E-state index contributed by atoms with van der Waals surface area (Å²) in [6, 6.07) is 5.35. The van der Waals surface area contributed by atoms with Gasteiger partial charge in [-0.2, -0.15) is 0 Å². The highest BCUT2D eigenvalue weighted by Gasteiger charge is 2.34. The molecule has 1 aromatic carbocycles. The molecule has 0 spiro atoms. The van der Waals surface area contributed by atoms with E-state index >= 15 is 0 Å². The van der Waals surface area contributed by atoms with E-state index in [1.165, 1.54) is 7.11 Å². The summed E-state index contributed by atoms with van der Waals surface area (Å²) in [7, 11) is 1.50. The topological polar surface area (TPSA) is 12.5 Å². The Kier molecular flexibility index (Phi) is 4.51. The van der Waals surface area contributed by atoms with E-state index in [0.717, 1.165) is 19.5 Å². The molecule has 1 aliphatic heterocycles. The van der Waals surface area contributed by atoms with Gasteiger partial charge in [-0.3, -0.25) is 4.90 Å². The van der Waals surface area contributed by atoms with E-state index in [2.05, 4.69) is 34.7 Å². The first-order chi connectivity index (χ1) is 8.94. The van der Waals surface area contributed by atoms with E-state index in [0.29, 0.717) is 22.7 Å². The van der Waals surface area contributed by atoms with Crippen molar-refractivity contribution >= 4 is 15.9 Å². The second-order valence-electron chi connectivity index (χ2n) is 5.89. The number of rotatable bonds is 3. The molecular weight excluding hydrogens is 309 g/mol. The SMILES string of the molecule is COc1cccc(CN2CCC(Br)C(C)(C)C2)c1F. The maximum absolute atomic E-state index is 14.1. The minimum atomic E-state index is -0.233. The van der Waals surface area contributed by atoms with E-state index < -0.39 is 0 Å². The van der Waals surface area contributed by atoms with Crippen LogP contribution < -0.4 is 4.74 Å². The number of likely N-dealkylation sites (tertiary alicyclic amines) is 1. The zero-order valence-electron chi connectivity index (χ0n) is 11.7. The van der Waals surface area contributed by atoms with Crippen LogP contribution in [0.15, 0.2) is 18.2 Å². The molecule has 0 saturated carbocycles. The third kappa shape index (κ3) is 3.29. The minimum absolute atomic E-state index is 0.216. The average molecular weight is 330 g/mol. The second-order valence-corrected chi connectivity index (χ2v) is 6.99. The number of methoxy groups -OCH3 is 1. The lowest BCUT2D eigenvalue weighted by Crippen LogP contribution is -2.45. The third-order valence-corrected chi connectivity index (χ3v) is 5.53. The third-order valence-electron chi connectivity index (χ3n) is 3.83. The van der Waals surface area contributed by atoms with Crippen LogP contribution in [0.2, 0.25) is 0 Å². The van der Waals surface area contributed by atoms with Crippen molar-refractivity contribution in [2.24, 2.45) is 5.41 Å². The molecule has 4 heteroatoms. The number of nitrogens with zero attached hydrogens (tertiary/aromatic N) is 1. The molecular formula is C15H21BrFNO. The predicted octanol–water partition coefficient (Wildman–Crippen LogP) is 3.83. The fourth-order valence-electron chi connectivity index (χ4n) is 2.65. The van der Waals surface area contributed by atoms with Gasteiger partial charge in [-0.15, -0.1) is 0 Å². The van der Waals surface area contributed by atoms with Crippen molar-refractivity contribution in [3.05, 3.63) is 29.6 Å². The van der Waals surface area contributed by atoms with Crippen molar-refractivity contribution in [2.75, 3.05) is 20.2 Å². The van der Waals surface area contributed by atoms with E-state index in [1.54, 1.807) is 6.07 Å². The maximum Gasteiger partial charge on any atom is 0.169 e. The molecule has 106 valence electrons.